The van der Waals surface area contributed by atoms with E-state index >= 15 is 0 Å². The van der Waals surface area contributed by atoms with E-state index in [0.29, 0.717) is 0 Å². The molecule has 0 radical (unpaired) electrons. The van der Waals surface area contributed by atoms with Gasteiger partial charge in [-0.25, -0.2) is 0 Å². The number of hydrogen-bond acceptors (Lipinski definition) is 2. The Kier molecular flexibility index (Phi) is 3.07. The van der Waals surface area contributed by atoms with Crippen LogP contribution in [0.1, 0.15) is 12.8 Å². The van der Waals surface area contributed by atoms with Crippen LogP contribution in [0, 0.1) is 0 Å². The normalized spacial score (nSPS) is 13.3. The van der Waals surface area contributed by atoms with Gasteiger partial charge >= 0.3 is 0 Å². The summed E-state index contributed by atoms with van der Waals surface area (Å²) in [6.07, 6.45) is 6.95. The molecule has 0 bridgehead atoms. The van der Waals surface area contributed by atoms with Crippen molar-refractivity contribution in [3.8, 4) is 5.75 Å². The van der Waals surface area contributed by atoms with Gasteiger partial charge in [0.25, 0.3) is 0 Å². The molecule has 0 aliphatic heterocycles. The zero-order chi connectivity index (χ0) is 15.1. The van der Waals surface area contributed by atoms with Gasteiger partial charge in [-0.3, -0.25) is 0 Å². The van der Waals surface area contributed by atoms with Gasteiger partial charge < -0.3 is 9.96 Å². The second kappa shape index (κ2) is 5.10. The van der Waals surface area contributed by atoms with Crippen molar-refractivity contribution in [1.29, 1.82) is 0 Å². The summed E-state index contributed by atoms with van der Waals surface area (Å²) in [5.41, 5.74) is 1.08. The quantitative estimate of drug-likeness (QED) is 0.577. The van der Waals surface area contributed by atoms with Crippen LogP contribution in [-0.4, -0.2) is 15.1 Å². The third kappa shape index (κ3) is 1.75. The number of rotatable bonds is 2. The lowest BCUT2D eigenvalue weighted by Gasteiger charge is -2.16. The highest BCUT2D eigenvalue weighted by atomic mass is 16.5. The predicted octanol–water partition coefficient (Wildman–Crippen LogP) is 2.32. The average molecular weight is 287 g/mol. The number of fused-ring (bicyclic) bond motifs is 6. The zero-order valence-corrected chi connectivity index (χ0v) is 12.9. The molecule has 1 N–H and O–H groups in total. The monoisotopic (exact) mass is 287 g/mol. The van der Waals surface area contributed by atoms with E-state index in [1.165, 1.54) is 32.0 Å². The highest BCUT2D eigenvalue weighted by Gasteiger charge is 2.13. The summed E-state index contributed by atoms with van der Waals surface area (Å²) in [5, 5.41) is 11.2. The second-order valence-corrected chi connectivity index (χ2v) is 5.67. The minimum atomic E-state index is 0.895. The molecule has 0 fully saturated rings. The first-order valence-corrected chi connectivity index (χ1v) is 7.74. The van der Waals surface area contributed by atoms with Crippen LogP contribution in [0.2, 0.25) is 0 Å². The summed E-state index contributed by atoms with van der Waals surface area (Å²) < 4.78 is 5.56. The third-order valence-corrected chi connectivity index (χ3v) is 4.57. The fourth-order valence-electron chi connectivity index (χ4n) is 3.63. The second-order valence-electron chi connectivity index (χ2n) is 5.67. The fraction of sp³-hybridized carbons (Fsp3) is 0.158. The molecule has 3 heteroatoms. The summed E-state index contributed by atoms with van der Waals surface area (Å²) in [4.78, 5) is 0. The van der Waals surface area contributed by atoms with Crippen molar-refractivity contribution in [3.05, 3.63) is 46.8 Å². The molecule has 0 atom stereocenters. The van der Waals surface area contributed by atoms with Crippen LogP contribution in [0.25, 0.3) is 33.7 Å². The smallest absolute Gasteiger partial charge is 0.214 e. The lowest BCUT2D eigenvalue weighted by Crippen LogP contribution is -2.29. The fourth-order valence-corrected chi connectivity index (χ4v) is 3.63. The number of nitrogens with one attached hydrogen (secondary N) is 1. The van der Waals surface area contributed by atoms with E-state index < -0.39 is 0 Å². The highest BCUT2D eigenvalue weighted by molar-refractivity contribution is 6.22. The Bertz CT molecular complexity index is 1010. The molecule has 0 saturated carbocycles. The minimum Gasteiger partial charge on any atom is -0.495 e. The molecule has 0 heterocycles. The van der Waals surface area contributed by atoms with Gasteiger partial charge in [0, 0.05) is 5.39 Å². The SMILES string of the molecule is BNc1c(OC)ccc2c1c1c(c3ccccc32)=CCCC=1. The van der Waals surface area contributed by atoms with E-state index in [4.69, 9.17) is 4.74 Å². The van der Waals surface area contributed by atoms with Crippen molar-refractivity contribution in [1.82, 2.24) is 0 Å². The first kappa shape index (κ1) is 13.3. The molecular weight excluding hydrogens is 269 g/mol. The zero-order valence-electron chi connectivity index (χ0n) is 12.9. The van der Waals surface area contributed by atoms with Crippen molar-refractivity contribution in [2.24, 2.45) is 0 Å². The van der Waals surface area contributed by atoms with Gasteiger partial charge in [-0.05, 0) is 51.6 Å². The number of benzene rings is 3. The summed E-state index contributed by atoms with van der Waals surface area (Å²) in [6.45, 7) is 0. The van der Waals surface area contributed by atoms with Crippen LogP contribution in [0.4, 0.5) is 5.69 Å². The molecule has 3 aromatic carbocycles. The lowest BCUT2D eigenvalue weighted by atomic mass is 9.93. The lowest BCUT2D eigenvalue weighted by molar-refractivity contribution is 0.417. The van der Waals surface area contributed by atoms with Gasteiger partial charge in [-0.2, -0.15) is 0 Å². The van der Waals surface area contributed by atoms with E-state index in [1.54, 1.807) is 7.11 Å². The number of ether oxygens (including phenoxy) is 1. The van der Waals surface area contributed by atoms with Gasteiger partial charge in [0.1, 0.15) is 5.75 Å². The van der Waals surface area contributed by atoms with Crippen LogP contribution in [0.15, 0.2) is 36.4 Å². The summed E-state index contributed by atoms with van der Waals surface area (Å²) in [7, 11) is 3.69. The van der Waals surface area contributed by atoms with Crippen molar-refractivity contribution in [2.45, 2.75) is 12.8 Å². The van der Waals surface area contributed by atoms with Gasteiger partial charge in [0.2, 0.25) is 7.98 Å². The Morgan fingerprint density at radius 2 is 1.64 bits per heavy atom. The Balaban J connectivity index is 2.37. The van der Waals surface area contributed by atoms with E-state index in [2.05, 4.69) is 53.8 Å². The highest BCUT2D eigenvalue weighted by Crippen LogP contribution is 2.33. The maximum Gasteiger partial charge on any atom is 0.214 e. The third-order valence-electron chi connectivity index (χ3n) is 4.57. The molecule has 3 aromatic rings. The maximum absolute atomic E-state index is 5.56. The number of methoxy groups -OCH3 is 1. The Labute approximate surface area is 130 Å². The molecule has 1 aliphatic carbocycles. The Morgan fingerprint density at radius 3 is 2.36 bits per heavy atom. The van der Waals surface area contributed by atoms with Crippen LogP contribution < -0.4 is 20.4 Å². The van der Waals surface area contributed by atoms with E-state index in [-0.39, 0.29) is 0 Å². The summed E-state index contributed by atoms with van der Waals surface area (Å²) in [6, 6.07) is 12.9. The molecule has 0 saturated heterocycles. The molecule has 22 heavy (non-hydrogen) atoms. The number of hydrogen-bond donors (Lipinski definition) is 1. The molecular formula is C19H18BNO. The summed E-state index contributed by atoms with van der Waals surface area (Å²) >= 11 is 0. The van der Waals surface area contributed by atoms with Crippen molar-refractivity contribution < 1.29 is 4.74 Å². The molecule has 0 spiro atoms. The van der Waals surface area contributed by atoms with Crippen LogP contribution >= 0.6 is 0 Å². The Hall–Kier alpha value is -2.42. The molecule has 1 aliphatic rings. The molecule has 0 aromatic heterocycles. The van der Waals surface area contributed by atoms with E-state index in [1.807, 2.05) is 7.98 Å². The minimum absolute atomic E-state index is 0.895. The van der Waals surface area contributed by atoms with Crippen LogP contribution in [-0.2, 0) is 0 Å². The Morgan fingerprint density at radius 1 is 0.909 bits per heavy atom. The number of anilines is 1. The van der Waals surface area contributed by atoms with Crippen LogP contribution in [0.3, 0.4) is 0 Å². The first-order chi connectivity index (χ1) is 10.8. The topological polar surface area (TPSA) is 21.3 Å². The van der Waals surface area contributed by atoms with E-state index in [9.17, 15) is 0 Å². The van der Waals surface area contributed by atoms with Gasteiger partial charge in [0.15, 0.2) is 0 Å². The standard InChI is InChI=1S/C19H18BNO/c1-22-17-11-10-16-14-8-3-2-6-12(14)13-7-4-5-9-15(13)18(16)19(17)21-20/h2-3,6-11,21H,4-5,20H2,1H3. The van der Waals surface area contributed by atoms with Gasteiger partial charge in [0.05, 0.1) is 12.8 Å². The van der Waals surface area contributed by atoms with Crippen LogP contribution in [0.5, 0.6) is 5.75 Å². The predicted molar refractivity (Wildman–Crippen MR) is 97.6 cm³/mol. The average Bonchev–Trinajstić information content (AvgIpc) is 2.60. The molecule has 0 amide bonds. The largest absolute Gasteiger partial charge is 0.495 e. The van der Waals surface area contributed by atoms with Crippen molar-refractivity contribution >= 4 is 47.4 Å². The molecule has 4 rings (SSSR count). The van der Waals surface area contributed by atoms with Gasteiger partial charge in [-0.15, -0.1) is 0 Å². The first-order valence-electron chi connectivity index (χ1n) is 7.74. The molecule has 2 nitrogen and oxygen atoms in total. The summed E-state index contributed by atoms with van der Waals surface area (Å²) in [5.74, 6) is 0.895. The maximum atomic E-state index is 5.56. The molecule has 0 unspecified atom stereocenters. The van der Waals surface area contributed by atoms with E-state index in [0.717, 1.165) is 24.3 Å². The van der Waals surface area contributed by atoms with Crippen molar-refractivity contribution in [3.63, 3.8) is 0 Å². The van der Waals surface area contributed by atoms with Crippen molar-refractivity contribution in [2.75, 3.05) is 12.3 Å². The van der Waals surface area contributed by atoms with Gasteiger partial charge in [-0.1, -0.05) is 36.4 Å². The molecule has 108 valence electrons.